The lowest BCUT2D eigenvalue weighted by atomic mass is 10.1. The molecule has 1 N–H and O–H groups in total. The van der Waals surface area contributed by atoms with Gasteiger partial charge in [0.05, 0.1) is 13.2 Å². The molecule has 5 nitrogen and oxygen atoms in total. The molecule has 2 aromatic rings. The highest BCUT2D eigenvalue weighted by molar-refractivity contribution is 5.41. The second-order valence-electron chi connectivity index (χ2n) is 5.05. The van der Waals surface area contributed by atoms with Crippen molar-refractivity contribution >= 4 is 5.82 Å². The monoisotopic (exact) mass is 287 g/mol. The third-order valence-corrected chi connectivity index (χ3v) is 2.98. The first-order valence-electron chi connectivity index (χ1n) is 6.97. The number of hydrogen-bond acceptors (Lipinski definition) is 5. The van der Waals surface area contributed by atoms with Crippen molar-refractivity contribution in [2.45, 2.75) is 32.9 Å². The molecule has 0 radical (unpaired) electrons. The van der Waals surface area contributed by atoms with Crippen molar-refractivity contribution in [1.29, 1.82) is 0 Å². The molecule has 0 saturated carbocycles. The standard InChI is InChI=1S/C16H21N3O2/c1-11(2)21-16-9-15(17-10-18-16)19-12(3)13-5-7-14(20-4)8-6-13/h5-12H,1-4H3,(H,17,18,19). The molecule has 112 valence electrons. The summed E-state index contributed by atoms with van der Waals surface area (Å²) in [6, 6.07) is 9.88. The van der Waals surface area contributed by atoms with Gasteiger partial charge in [-0.2, -0.15) is 0 Å². The van der Waals surface area contributed by atoms with Crippen LogP contribution in [0.15, 0.2) is 36.7 Å². The van der Waals surface area contributed by atoms with Crippen LogP contribution in [0.25, 0.3) is 0 Å². The van der Waals surface area contributed by atoms with E-state index in [-0.39, 0.29) is 12.1 Å². The van der Waals surface area contributed by atoms with Gasteiger partial charge in [-0.1, -0.05) is 12.1 Å². The normalized spacial score (nSPS) is 12.0. The molecule has 0 bridgehead atoms. The maximum absolute atomic E-state index is 5.56. The van der Waals surface area contributed by atoms with Gasteiger partial charge in [-0.05, 0) is 38.5 Å². The molecule has 0 aliphatic heterocycles. The molecule has 1 aromatic heterocycles. The van der Waals surface area contributed by atoms with E-state index in [0.29, 0.717) is 5.88 Å². The number of anilines is 1. The highest BCUT2D eigenvalue weighted by atomic mass is 16.5. The number of nitrogens with zero attached hydrogens (tertiary/aromatic N) is 2. The third kappa shape index (κ3) is 4.34. The van der Waals surface area contributed by atoms with E-state index in [1.54, 1.807) is 13.2 Å². The Kier molecular flexibility index (Phi) is 4.98. The Morgan fingerprint density at radius 3 is 2.38 bits per heavy atom. The molecule has 2 rings (SSSR count). The highest BCUT2D eigenvalue weighted by Crippen LogP contribution is 2.22. The number of aromatic nitrogens is 2. The Balaban J connectivity index is 2.05. The van der Waals surface area contributed by atoms with E-state index < -0.39 is 0 Å². The van der Waals surface area contributed by atoms with Crippen LogP contribution in [0.1, 0.15) is 32.4 Å². The summed E-state index contributed by atoms with van der Waals surface area (Å²) in [6.45, 7) is 6.01. The van der Waals surface area contributed by atoms with E-state index in [4.69, 9.17) is 9.47 Å². The first-order chi connectivity index (χ1) is 10.1. The molecule has 0 fully saturated rings. The number of nitrogens with one attached hydrogen (secondary N) is 1. The van der Waals surface area contributed by atoms with Gasteiger partial charge in [-0.15, -0.1) is 0 Å². The van der Waals surface area contributed by atoms with Crippen molar-refractivity contribution in [3.8, 4) is 11.6 Å². The van der Waals surface area contributed by atoms with Crippen molar-refractivity contribution in [3.05, 3.63) is 42.2 Å². The van der Waals surface area contributed by atoms with Crippen molar-refractivity contribution in [2.24, 2.45) is 0 Å². The Labute approximate surface area is 125 Å². The van der Waals surface area contributed by atoms with Crippen LogP contribution in [0.2, 0.25) is 0 Å². The highest BCUT2D eigenvalue weighted by Gasteiger charge is 2.08. The van der Waals surface area contributed by atoms with Crippen LogP contribution in [0, 0.1) is 0 Å². The van der Waals surface area contributed by atoms with Crippen LogP contribution in [0.5, 0.6) is 11.6 Å². The molecule has 21 heavy (non-hydrogen) atoms. The number of hydrogen-bond donors (Lipinski definition) is 1. The lowest BCUT2D eigenvalue weighted by Gasteiger charge is -2.16. The molecule has 1 heterocycles. The van der Waals surface area contributed by atoms with Crippen LogP contribution in [0.4, 0.5) is 5.82 Å². The first-order valence-corrected chi connectivity index (χ1v) is 6.97. The van der Waals surface area contributed by atoms with E-state index in [1.807, 2.05) is 38.1 Å². The zero-order valence-electron chi connectivity index (χ0n) is 12.8. The fourth-order valence-corrected chi connectivity index (χ4v) is 1.92. The quantitative estimate of drug-likeness (QED) is 0.882. The number of methoxy groups -OCH3 is 1. The fourth-order valence-electron chi connectivity index (χ4n) is 1.92. The summed E-state index contributed by atoms with van der Waals surface area (Å²) < 4.78 is 10.7. The van der Waals surface area contributed by atoms with Gasteiger partial charge in [0.2, 0.25) is 5.88 Å². The van der Waals surface area contributed by atoms with E-state index in [9.17, 15) is 0 Å². The van der Waals surface area contributed by atoms with E-state index >= 15 is 0 Å². The largest absolute Gasteiger partial charge is 0.497 e. The van der Waals surface area contributed by atoms with Gasteiger partial charge >= 0.3 is 0 Å². The predicted octanol–water partition coefficient (Wildman–Crippen LogP) is 3.45. The predicted molar refractivity (Wildman–Crippen MR) is 82.8 cm³/mol. The zero-order valence-corrected chi connectivity index (χ0v) is 12.8. The number of benzene rings is 1. The minimum Gasteiger partial charge on any atom is -0.497 e. The Bertz CT molecular complexity index is 570. The fraction of sp³-hybridized carbons (Fsp3) is 0.375. The Morgan fingerprint density at radius 1 is 1.05 bits per heavy atom. The summed E-state index contributed by atoms with van der Waals surface area (Å²) >= 11 is 0. The van der Waals surface area contributed by atoms with Gasteiger partial charge in [-0.25, -0.2) is 9.97 Å². The third-order valence-electron chi connectivity index (χ3n) is 2.98. The molecule has 0 amide bonds. The van der Waals surface area contributed by atoms with Crippen molar-refractivity contribution < 1.29 is 9.47 Å². The molecule has 0 spiro atoms. The topological polar surface area (TPSA) is 56.3 Å². The first kappa shape index (κ1) is 15.1. The maximum atomic E-state index is 5.56. The molecular formula is C16H21N3O2. The van der Waals surface area contributed by atoms with E-state index in [2.05, 4.69) is 22.2 Å². The lowest BCUT2D eigenvalue weighted by Crippen LogP contribution is -2.10. The smallest absolute Gasteiger partial charge is 0.218 e. The average Bonchev–Trinajstić information content (AvgIpc) is 2.47. The van der Waals surface area contributed by atoms with E-state index in [1.165, 1.54) is 6.33 Å². The van der Waals surface area contributed by atoms with Gasteiger partial charge in [0.25, 0.3) is 0 Å². The Morgan fingerprint density at radius 2 is 1.76 bits per heavy atom. The molecule has 1 atom stereocenters. The number of ether oxygens (including phenoxy) is 2. The van der Waals surface area contributed by atoms with Crippen molar-refractivity contribution in [2.75, 3.05) is 12.4 Å². The molecule has 5 heteroatoms. The van der Waals surface area contributed by atoms with Crippen molar-refractivity contribution in [1.82, 2.24) is 9.97 Å². The summed E-state index contributed by atoms with van der Waals surface area (Å²) in [6.07, 6.45) is 1.59. The molecule has 1 aromatic carbocycles. The molecule has 0 saturated heterocycles. The van der Waals surface area contributed by atoms with Crippen LogP contribution in [0.3, 0.4) is 0 Å². The summed E-state index contributed by atoms with van der Waals surface area (Å²) in [7, 11) is 1.66. The van der Waals surface area contributed by atoms with Crippen molar-refractivity contribution in [3.63, 3.8) is 0 Å². The second kappa shape index (κ2) is 6.92. The van der Waals surface area contributed by atoms with E-state index in [0.717, 1.165) is 17.1 Å². The zero-order chi connectivity index (χ0) is 15.2. The summed E-state index contributed by atoms with van der Waals surface area (Å²) in [5, 5.41) is 3.34. The van der Waals surface area contributed by atoms with Gasteiger partial charge in [0, 0.05) is 12.1 Å². The maximum Gasteiger partial charge on any atom is 0.218 e. The van der Waals surface area contributed by atoms with Crippen LogP contribution in [-0.2, 0) is 0 Å². The molecule has 0 aliphatic carbocycles. The number of rotatable bonds is 6. The van der Waals surface area contributed by atoms with Gasteiger partial charge < -0.3 is 14.8 Å². The van der Waals surface area contributed by atoms with Crippen LogP contribution in [-0.4, -0.2) is 23.2 Å². The Hall–Kier alpha value is -2.30. The second-order valence-corrected chi connectivity index (χ2v) is 5.05. The molecule has 0 aliphatic rings. The molecule has 1 unspecified atom stereocenters. The summed E-state index contributed by atoms with van der Waals surface area (Å²) in [4.78, 5) is 8.31. The minimum atomic E-state index is 0.0896. The van der Waals surface area contributed by atoms with Crippen LogP contribution >= 0.6 is 0 Å². The minimum absolute atomic E-state index is 0.0896. The average molecular weight is 287 g/mol. The van der Waals surface area contributed by atoms with Gasteiger partial charge in [-0.3, -0.25) is 0 Å². The van der Waals surface area contributed by atoms with Gasteiger partial charge in [0.15, 0.2) is 0 Å². The SMILES string of the molecule is COc1ccc(C(C)Nc2cc(OC(C)C)ncn2)cc1. The summed E-state index contributed by atoms with van der Waals surface area (Å²) in [5.41, 5.74) is 1.15. The summed E-state index contributed by atoms with van der Waals surface area (Å²) in [5.74, 6) is 2.16. The van der Waals surface area contributed by atoms with Crippen LogP contribution < -0.4 is 14.8 Å². The molecular weight excluding hydrogens is 266 g/mol. The van der Waals surface area contributed by atoms with Gasteiger partial charge in [0.1, 0.15) is 17.9 Å². The lowest BCUT2D eigenvalue weighted by molar-refractivity contribution is 0.232.